The van der Waals surface area contributed by atoms with Gasteiger partial charge in [-0.1, -0.05) is 34.8 Å². The van der Waals surface area contributed by atoms with E-state index in [1.807, 2.05) is 0 Å². The van der Waals surface area contributed by atoms with E-state index in [1.54, 1.807) is 0 Å². The fraction of sp³-hybridized carbons (Fsp3) is 0.0556. The summed E-state index contributed by atoms with van der Waals surface area (Å²) in [5.74, 6) is -0.105. The zero-order chi connectivity index (χ0) is 20.6. The molecule has 0 aliphatic carbocycles. The molecule has 28 heavy (non-hydrogen) atoms. The molecular formula is C18H10Cl3F3N2O2. The average Bonchev–Trinajstić information content (AvgIpc) is 2.59. The van der Waals surface area contributed by atoms with Gasteiger partial charge in [0, 0.05) is 15.8 Å². The minimum atomic E-state index is -4.72. The molecule has 3 aromatic rings. The van der Waals surface area contributed by atoms with Crippen molar-refractivity contribution in [1.29, 1.82) is 0 Å². The van der Waals surface area contributed by atoms with E-state index in [2.05, 4.69) is 10.6 Å². The Morgan fingerprint density at radius 1 is 0.893 bits per heavy atom. The van der Waals surface area contributed by atoms with E-state index in [-0.39, 0.29) is 26.5 Å². The Bertz CT molecular complexity index is 1090. The van der Waals surface area contributed by atoms with Crippen LogP contribution in [0.15, 0.2) is 42.5 Å². The van der Waals surface area contributed by atoms with Crippen LogP contribution >= 0.6 is 34.8 Å². The summed E-state index contributed by atoms with van der Waals surface area (Å²) in [6, 6.07) is 7.62. The molecule has 3 N–H and O–H groups in total. The molecule has 0 atom stereocenters. The van der Waals surface area contributed by atoms with Crippen molar-refractivity contribution >= 4 is 63.0 Å². The smallest absolute Gasteiger partial charge is 0.418 e. The van der Waals surface area contributed by atoms with Gasteiger partial charge >= 0.3 is 12.2 Å². The van der Waals surface area contributed by atoms with Gasteiger partial charge in [-0.25, -0.2) is 4.79 Å². The first-order chi connectivity index (χ1) is 13.1. The van der Waals surface area contributed by atoms with E-state index < -0.39 is 23.5 Å². The summed E-state index contributed by atoms with van der Waals surface area (Å²) >= 11 is 17.9. The van der Waals surface area contributed by atoms with Gasteiger partial charge in [-0.3, -0.25) is 0 Å². The van der Waals surface area contributed by atoms with Gasteiger partial charge in [0.25, 0.3) is 0 Å². The summed E-state index contributed by atoms with van der Waals surface area (Å²) in [4.78, 5) is 12.3. The van der Waals surface area contributed by atoms with Gasteiger partial charge in [0.2, 0.25) is 0 Å². The lowest BCUT2D eigenvalue weighted by molar-refractivity contribution is -0.136. The second-order valence-electron chi connectivity index (χ2n) is 5.71. The standard InChI is InChI=1S/C18H10Cl3F3N2O2/c19-8-1-4-15(12(5-8)18(22,23)24)25-17(28)26-16-11-6-9(27)2-3-10(11)13(20)7-14(16)21/h1-7,27H,(H2,25,26,28). The quantitative estimate of drug-likeness (QED) is 0.388. The molecule has 0 saturated heterocycles. The number of carbonyl (C=O) groups is 1. The largest absolute Gasteiger partial charge is 0.508 e. The van der Waals surface area contributed by atoms with Gasteiger partial charge in [0.15, 0.2) is 0 Å². The number of amides is 2. The van der Waals surface area contributed by atoms with Gasteiger partial charge in [-0.05, 0) is 42.5 Å². The zero-order valence-electron chi connectivity index (χ0n) is 13.7. The highest BCUT2D eigenvalue weighted by Gasteiger charge is 2.34. The molecular weight excluding hydrogens is 440 g/mol. The zero-order valence-corrected chi connectivity index (χ0v) is 15.9. The fourth-order valence-corrected chi connectivity index (χ4v) is 3.35. The van der Waals surface area contributed by atoms with Gasteiger partial charge in [0.05, 0.1) is 27.0 Å². The molecule has 0 unspecified atom stereocenters. The van der Waals surface area contributed by atoms with Crippen LogP contribution < -0.4 is 10.6 Å². The number of anilines is 2. The Morgan fingerprint density at radius 2 is 1.61 bits per heavy atom. The van der Waals surface area contributed by atoms with Crippen LogP contribution in [0.5, 0.6) is 5.75 Å². The first-order valence-corrected chi connectivity index (χ1v) is 8.75. The van der Waals surface area contributed by atoms with Gasteiger partial charge < -0.3 is 15.7 Å². The van der Waals surface area contributed by atoms with E-state index in [1.165, 1.54) is 30.3 Å². The van der Waals surface area contributed by atoms with Crippen molar-refractivity contribution in [3.63, 3.8) is 0 Å². The SMILES string of the molecule is O=C(Nc1ccc(Cl)cc1C(F)(F)F)Nc1c(Cl)cc(Cl)c2ccc(O)cc12. The van der Waals surface area contributed by atoms with Crippen molar-refractivity contribution in [2.24, 2.45) is 0 Å². The predicted molar refractivity (Wildman–Crippen MR) is 105 cm³/mol. The Balaban J connectivity index is 1.96. The van der Waals surface area contributed by atoms with E-state index in [0.717, 1.165) is 6.07 Å². The van der Waals surface area contributed by atoms with Crippen molar-refractivity contribution in [3.8, 4) is 5.75 Å². The number of nitrogens with one attached hydrogen (secondary N) is 2. The summed E-state index contributed by atoms with van der Waals surface area (Å²) in [6.45, 7) is 0. The number of phenols is 1. The Labute approximate surface area is 171 Å². The van der Waals surface area contributed by atoms with Gasteiger partial charge in [-0.15, -0.1) is 0 Å². The lowest BCUT2D eigenvalue weighted by Crippen LogP contribution is -2.22. The van der Waals surface area contributed by atoms with E-state index >= 15 is 0 Å². The maximum absolute atomic E-state index is 13.2. The minimum Gasteiger partial charge on any atom is -0.508 e. The predicted octanol–water partition coefficient (Wildman–Crippen LogP) is 7.17. The number of alkyl halides is 3. The molecule has 0 aliphatic rings. The minimum absolute atomic E-state index is 0.0467. The Hall–Kier alpha value is -2.35. The first-order valence-electron chi connectivity index (χ1n) is 7.62. The number of benzene rings is 3. The van der Waals surface area contributed by atoms with Crippen LogP contribution in [0.2, 0.25) is 15.1 Å². The molecule has 0 aliphatic heterocycles. The van der Waals surface area contributed by atoms with E-state index in [9.17, 15) is 23.1 Å². The maximum atomic E-state index is 13.2. The van der Waals surface area contributed by atoms with Crippen molar-refractivity contribution in [3.05, 3.63) is 63.1 Å². The number of urea groups is 1. The molecule has 0 fully saturated rings. The van der Waals surface area contributed by atoms with Crippen LogP contribution in [0.4, 0.5) is 29.3 Å². The molecule has 0 spiro atoms. The first kappa shape index (κ1) is 20.4. The molecule has 146 valence electrons. The molecule has 0 bridgehead atoms. The number of carbonyl (C=O) groups excluding carboxylic acids is 1. The molecule has 0 radical (unpaired) electrons. The van der Waals surface area contributed by atoms with Crippen molar-refractivity contribution in [1.82, 2.24) is 0 Å². The van der Waals surface area contributed by atoms with Crippen LogP contribution in [0, 0.1) is 0 Å². The number of rotatable bonds is 2. The Morgan fingerprint density at radius 3 is 2.29 bits per heavy atom. The van der Waals surface area contributed by atoms with Crippen LogP contribution in [-0.2, 0) is 6.18 Å². The highest BCUT2D eigenvalue weighted by atomic mass is 35.5. The van der Waals surface area contributed by atoms with E-state index in [4.69, 9.17) is 34.8 Å². The number of halogens is 6. The van der Waals surface area contributed by atoms with Crippen LogP contribution in [0.3, 0.4) is 0 Å². The van der Waals surface area contributed by atoms with Gasteiger partial charge in [-0.2, -0.15) is 13.2 Å². The van der Waals surface area contributed by atoms with Crippen molar-refractivity contribution in [2.45, 2.75) is 6.18 Å². The summed E-state index contributed by atoms with van der Waals surface area (Å²) in [5, 5.41) is 15.2. The van der Waals surface area contributed by atoms with Crippen LogP contribution in [0.25, 0.3) is 10.8 Å². The number of aromatic hydroxyl groups is 1. The lowest BCUT2D eigenvalue weighted by Gasteiger charge is -2.16. The fourth-order valence-electron chi connectivity index (χ4n) is 2.59. The lowest BCUT2D eigenvalue weighted by atomic mass is 10.1. The summed E-state index contributed by atoms with van der Waals surface area (Å²) in [7, 11) is 0. The second-order valence-corrected chi connectivity index (χ2v) is 6.96. The third-order valence-corrected chi connectivity index (χ3v) is 4.64. The number of hydrogen-bond donors (Lipinski definition) is 3. The number of hydrogen-bond acceptors (Lipinski definition) is 2. The highest BCUT2D eigenvalue weighted by Crippen LogP contribution is 2.39. The number of phenolic OH excluding ortho intramolecular Hbond substituents is 1. The Kier molecular flexibility index (Phi) is 5.52. The van der Waals surface area contributed by atoms with Crippen molar-refractivity contribution in [2.75, 3.05) is 10.6 Å². The topological polar surface area (TPSA) is 61.4 Å². The van der Waals surface area contributed by atoms with Crippen LogP contribution in [0.1, 0.15) is 5.56 Å². The molecule has 3 rings (SSSR count). The van der Waals surface area contributed by atoms with Crippen LogP contribution in [-0.4, -0.2) is 11.1 Å². The summed E-state index contributed by atoms with van der Waals surface area (Å²) in [6.07, 6.45) is -4.72. The van der Waals surface area contributed by atoms with Gasteiger partial charge in [0.1, 0.15) is 5.75 Å². The summed E-state index contributed by atoms with van der Waals surface area (Å²) < 4.78 is 39.5. The number of fused-ring (bicyclic) bond motifs is 1. The molecule has 0 heterocycles. The average molecular weight is 450 g/mol. The maximum Gasteiger partial charge on any atom is 0.418 e. The molecule has 10 heteroatoms. The third kappa shape index (κ3) is 4.22. The molecule has 0 aromatic heterocycles. The van der Waals surface area contributed by atoms with Crippen molar-refractivity contribution < 1.29 is 23.1 Å². The molecule has 0 saturated carbocycles. The highest BCUT2D eigenvalue weighted by molar-refractivity contribution is 6.41. The monoisotopic (exact) mass is 448 g/mol. The third-order valence-electron chi connectivity index (χ3n) is 3.80. The van der Waals surface area contributed by atoms with E-state index in [0.29, 0.717) is 16.8 Å². The normalized spacial score (nSPS) is 11.5. The molecule has 3 aromatic carbocycles. The molecule has 2 amide bonds. The summed E-state index contributed by atoms with van der Waals surface area (Å²) in [5.41, 5.74) is -1.50. The molecule has 4 nitrogen and oxygen atoms in total. The second kappa shape index (κ2) is 7.58.